The molecule has 21 heavy (non-hydrogen) atoms. The van der Waals surface area contributed by atoms with Crippen molar-refractivity contribution in [2.45, 2.75) is 18.9 Å². The summed E-state index contributed by atoms with van der Waals surface area (Å²) in [4.78, 5) is 25.5. The zero-order valence-electron chi connectivity index (χ0n) is 11.7. The number of hydrogen-bond acceptors (Lipinski definition) is 4. The van der Waals surface area contributed by atoms with Gasteiger partial charge in [-0.25, -0.2) is 0 Å². The molecule has 114 valence electrons. The summed E-state index contributed by atoms with van der Waals surface area (Å²) in [5.74, 6) is -0.429. The number of nitrogens with one attached hydrogen (secondary N) is 1. The lowest BCUT2D eigenvalue weighted by atomic mass is 10.1. The molecule has 0 radical (unpaired) electrons. The Morgan fingerprint density at radius 3 is 2.43 bits per heavy atom. The predicted octanol–water partition coefficient (Wildman–Crippen LogP) is 1.47. The largest absolute Gasteiger partial charge is 0.378 e. The summed E-state index contributed by atoms with van der Waals surface area (Å²) in [7, 11) is 0. The third-order valence-corrected chi connectivity index (χ3v) is 3.82. The van der Waals surface area contributed by atoms with E-state index in [0.717, 1.165) is 13.0 Å². The molecule has 1 aromatic carbocycles. The summed E-state index contributed by atoms with van der Waals surface area (Å²) in [6.45, 7) is 2.40. The van der Waals surface area contributed by atoms with Crippen LogP contribution in [0.4, 0.5) is 0 Å². The van der Waals surface area contributed by atoms with Gasteiger partial charge in [0.15, 0.2) is 0 Å². The fourth-order valence-electron chi connectivity index (χ4n) is 2.72. The second-order valence-corrected chi connectivity index (χ2v) is 5.18. The number of halogens is 1. The maximum absolute atomic E-state index is 12.1. The van der Waals surface area contributed by atoms with Crippen LogP contribution in [0, 0.1) is 0 Å². The average molecular weight is 311 g/mol. The van der Waals surface area contributed by atoms with Crippen molar-refractivity contribution in [3.63, 3.8) is 0 Å². The second kappa shape index (κ2) is 7.02. The molecule has 0 aromatic heterocycles. The van der Waals surface area contributed by atoms with Crippen LogP contribution in [0.2, 0.25) is 0 Å². The van der Waals surface area contributed by atoms with Crippen LogP contribution in [0.15, 0.2) is 24.3 Å². The number of carbonyl (C=O) groups excluding carboxylic acids is 2. The molecule has 2 aliphatic rings. The van der Waals surface area contributed by atoms with E-state index in [1.807, 2.05) is 0 Å². The molecule has 1 aromatic rings. The fraction of sp³-hybridized carbons (Fsp3) is 0.467. The van der Waals surface area contributed by atoms with E-state index in [-0.39, 0.29) is 24.2 Å². The van der Waals surface area contributed by atoms with Crippen molar-refractivity contribution < 1.29 is 14.3 Å². The number of imide groups is 1. The number of benzene rings is 1. The Balaban J connectivity index is 0.00000161. The van der Waals surface area contributed by atoms with Crippen LogP contribution in [0.3, 0.4) is 0 Å². The number of rotatable bonds is 5. The van der Waals surface area contributed by atoms with Gasteiger partial charge in [0.2, 0.25) is 0 Å². The van der Waals surface area contributed by atoms with Gasteiger partial charge in [0.1, 0.15) is 0 Å². The first-order valence-electron chi connectivity index (χ1n) is 7.04. The minimum atomic E-state index is -0.215. The Morgan fingerprint density at radius 2 is 1.86 bits per heavy atom. The zero-order chi connectivity index (χ0) is 13.9. The molecule has 0 saturated carbocycles. The third-order valence-electron chi connectivity index (χ3n) is 3.82. The highest BCUT2D eigenvalue weighted by Gasteiger charge is 2.34. The maximum Gasteiger partial charge on any atom is 0.261 e. The fourth-order valence-corrected chi connectivity index (χ4v) is 2.72. The number of nitrogens with zero attached hydrogens (tertiary/aromatic N) is 1. The Labute approximate surface area is 130 Å². The van der Waals surface area contributed by atoms with E-state index in [1.165, 1.54) is 11.3 Å². The number of amides is 2. The molecule has 6 heteroatoms. The van der Waals surface area contributed by atoms with E-state index in [4.69, 9.17) is 4.74 Å². The van der Waals surface area contributed by atoms with Gasteiger partial charge in [-0.2, -0.15) is 0 Å². The highest BCUT2D eigenvalue weighted by Crippen LogP contribution is 2.21. The van der Waals surface area contributed by atoms with Gasteiger partial charge in [-0.15, -0.1) is 12.4 Å². The maximum atomic E-state index is 12.1. The van der Waals surface area contributed by atoms with Crippen LogP contribution in [0.25, 0.3) is 0 Å². The molecule has 1 fully saturated rings. The van der Waals surface area contributed by atoms with E-state index in [1.54, 1.807) is 24.3 Å². The molecule has 2 heterocycles. The van der Waals surface area contributed by atoms with Gasteiger partial charge in [0.25, 0.3) is 11.8 Å². The summed E-state index contributed by atoms with van der Waals surface area (Å²) in [6.07, 6.45) is 2.32. The highest BCUT2D eigenvalue weighted by atomic mass is 35.5. The van der Waals surface area contributed by atoms with Gasteiger partial charge in [-0.3, -0.25) is 14.5 Å². The molecule has 5 nitrogen and oxygen atoms in total. The van der Waals surface area contributed by atoms with Crippen molar-refractivity contribution in [3.05, 3.63) is 35.4 Å². The lowest BCUT2D eigenvalue weighted by Crippen LogP contribution is -2.34. The first kappa shape index (κ1) is 15.9. The molecule has 1 N–H and O–H groups in total. The lowest BCUT2D eigenvalue weighted by Gasteiger charge is -2.15. The normalized spacial score (nSPS) is 20.6. The monoisotopic (exact) mass is 310 g/mol. The van der Waals surface area contributed by atoms with Gasteiger partial charge in [-0.1, -0.05) is 12.1 Å². The highest BCUT2D eigenvalue weighted by molar-refractivity contribution is 6.21. The summed E-state index contributed by atoms with van der Waals surface area (Å²) < 4.78 is 5.57. The van der Waals surface area contributed by atoms with Gasteiger partial charge >= 0.3 is 0 Å². The minimum absolute atomic E-state index is 0. The van der Waals surface area contributed by atoms with Crippen LogP contribution in [-0.2, 0) is 4.74 Å². The molecule has 2 aliphatic heterocycles. The first-order chi connectivity index (χ1) is 9.77. The predicted molar refractivity (Wildman–Crippen MR) is 80.9 cm³/mol. The Bertz CT molecular complexity index is 494. The lowest BCUT2D eigenvalue weighted by molar-refractivity contribution is 0.0545. The number of hydrogen-bond donors (Lipinski definition) is 1. The minimum Gasteiger partial charge on any atom is -0.378 e. The molecule has 1 saturated heterocycles. The molecule has 0 aliphatic carbocycles. The summed E-state index contributed by atoms with van der Waals surface area (Å²) in [5, 5.41) is 3.34. The van der Waals surface area contributed by atoms with Crippen molar-refractivity contribution in [3.8, 4) is 0 Å². The van der Waals surface area contributed by atoms with Crippen molar-refractivity contribution in [2.75, 3.05) is 26.3 Å². The SMILES string of the molecule is Cl.O=C1c2ccccc2C(=O)N1CCOC[C@@H]1CCCN1. The van der Waals surface area contributed by atoms with Crippen LogP contribution >= 0.6 is 12.4 Å². The quantitative estimate of drug-likeness (QED) is 0.661. The van der Waals surface area contributed by atoms with Crippen LogP contribution in [-0.4, -0.2) is 49.1 Å². The second-order valence-electron chi connectivity index (χ2n) is 5.18. The number of ether oxygens (including phenoxy) is 1. The molecule has 2 amide bonds. The van der Waals surface area contributed by atoms with E-state index >= 15 is 0 Å². The van der Waals surface area contributed by atoms with Crippen molar-refractivity contribution in [1.29, 1.82) is 0 Å². The van der Waals surface area contributed by atoms with Crippen LogP contribution in [0.1, 0.15) is 33.6 Å². The number of carbonyl (C=O) groups is 2. The van der Waals surface area contributed by atoms with E-state index in [9.17, 15) is 9.59 Å². The first-order valence-corrected chi connectivity index (χ1v) is 7.04. The standard InChI is InChI=1S/C15H18N2O3.ClH/c18-14-12-5-1-2-6-13(12)15(19)17(14)8-9-20-10-11-4-3-7-16-11;/h1-2,5-6,11,16H,3-4,7-10H2;1H/t11-;/m0./s1. The molecule has 3 rings (SSSR count). The van der Waals surface area contributed by atoms with E-state index in [0.29, 0.717) is 36.9 Å². The third kappa shape index (κ3) is 3.26. The number of fused-ring (bicyclic) bond motifs is 1. The van der Waals surface area contributed by atoms with Crippen molar-refractivity contribution in [1.82, 2.24) is 10.2 Å². The van der Waals surface area contributed by atoms with E-state index in [2.05, 4.69) is 5.32 Å². The average Bonchev–Trinajstić information content (AvgIpc) is 3.06. The summed E-state index contributed by atoms with van der Waals surface area (Å²) in [6, 6.07) is 7.35. The van der Waals surface area contributed by atoms with Gasteiger partial charge in [-0.05, 0) is 31.5 Å². The summed E-state index contributed by atoms with van der Waals surface area (Å²) in [5.41, 5.74) is 0.991. The molecule has 0 bridgehead atoms. The molecular formula is C15H19ClN2O3. The Kier molecular flexibility index (Phi) is 5.33. The summed E-state index contributed by atoms with van der Waals surface area (Å²) >= 11 is 0. The molecule has 0 spiro atoms. The van der Waals surface area contributed by atoms with Crippen LogP contribution in [0.5, 0.6) is 0 Å². The van der Waals surface area contributed by atoms with Gasteiger partial charge < -0.3 is 10.1 Å². The smallest absolute Gasteiger partial charge is 0.261 e. The van der Waals surface area contributed by atoms with Gasteiger partial charge in [0, 0.05) is 6.04 Å². The van der Waals surface area contributed by atoms with Crippen molar-refractivity contribution in [2.24, 2.45) is 0 Å². The Hall–Kier alpha value is -1.43. The zero-order valence-corrected chi connectivity index (χ0v) is 12.5. The molecular weight excluding hydrogens is 292 g/mol. The van der Waals surface area contributed by atoms with E-state index < -0.39 is 0 Å². The van der Waals surface area contributed by atoms with Crippen molar-refractivity contribution >= 4 is 24.2 Å². The molecule has 1 atom stereocenters. The van der Waals surface area contributed by atoms with Gasteiger partial charge in [0.05, 0.1) is 30.9 Å². The molecule has 0 unspecified atom stereocenters. The Morgan fingerprint density at radius 1 is 1.19 bits per heavy atom. The van der Waals surface area contributed by atoms with Crippen LogP contribution < -0.4 is 5.32 Å². The topological polar surface area (TPSA) is 58.6 Å².